The van der Waals surface area contributed by atoms with E-state index in [0.29, 0.717) is 24.1 Å². The largest absolute Gasteiger partial charge is 0.481 e. The third kappa shape index (κ3) is 3.96. The van der Waals surface area contributed by atoms with E-state index >= 15 is 0 Å². The Kier molecular flexibility index (Phi) is 5.95. The molecule has 2 aromatic heterocycles. The fourth-order valence-electron chi connectivity index (χ4n) is 4.60. The van der Waals surface area contributed by atoms with Crippen LogP contribution < -0.4 is 0 Å². The topological polar surface area (TPSA) is 104 Å². The first-order valence-electron chi connectivity index (χ1n) is 10.9. The molecule has 32 heavy (non-hydrogen) atoms. The minimum atomic E-state index is -0.786. The zero-order chi connectivity index (χ0) is 22.7. The number of benzene rings is 1. The van der Waals surface area contributed by atoms with Crippen LogP contribution >= 0.6 is 0 Å². The minimum Gasteiger partial charge on any atom is -0.481 e. The Morgan fingerprint density at radius 3 is 2.81 bits per heavy atom. The van der Waals surface area contributed by atoms with Gasteiger partial charge < -0.3 is 9.63 Å². The first-order valence-corrected chi connectivity index (χ1v) is 10.9. The van der Waals surface area contributed by atoms with E-state index in [9.17, 15) is 10.1 Å². The maximum Gasteiger partial charge on any atom is 0.303 e. The molecule has 0 saturated heterocycles. The Balaban J connectivity index is 1.87. The van der Waals surface area contributed by atoms with Crippen LogP contribution in [0.25, 0.3) is 0 Å². The number of unbranched alkanes of at least 4 members (excludes halogenated alkanes) is 1. The van der Waals surface area contributed by atoms with E-state index in [4.69, 9.17) is 14.7 Å². The van der Waals surface area contributed by atoms with Crippen LogP contribution in [0.1, 0.15) is 73.0 Å². The molecule has 0 aliphatic carbocycles. The molecule has 3 aromatic rings. The number of carbonyl (C=O) groups is 1. The molecule has 1 atom stereocenters. The van der Waals surface area contributed by atoms with Crippen molar-refractivity contribution in [2.45, 2.75) is 57.8 Å². The van der Waals surface area contributed by atoms with Gasteiger partial charge in [0.15, 0.2) is 0 Å². The number of aliphatic carboxylic acids is 1. The van der Waals surface area contributed by atoms with Crippen molar-refractivity contribution in [1.82, 2.24) is 9.83 Å². The number of carboxylic acid groups (broad SMARTS) is 1. The summed E-state index contributed by atoms with van der Waals surface area (Å²) in [5.74, 6) is -0.0682. The highest BCUT2D eigenvalue weighted by molar-refractivity contribution is 6.00. The second-order valence-corrected chi connectivity index (χ2v) is 8.30. The fraction of sp³-hybridized carbons (Fsp3) is 0.360. The zero-order valence-electron chi connectivity index (χ0n) is 18.3. The molecule has 0 fully saturated rings. The standard InChI is InChI=1S/C25H26N4O3/c1-3-20-10-11-23-25(12-5-4-9-24(30)31,19-8-6-7-18(14-19)16-26)15-22(27-29(20)23)21-13-17(2)32-28-21/h6-8,10-11,13-14H,3-5,9,12,15H2,1-2H3,(H,30,31). The van der Waals surface area contributed by atoms with Crippen LogP contribution in [0.5, 0.6) is 0 Å². The fourth-order valence-corrected chi connectivity index (χ4v) is 4.60. The van der Waals surface area contributed by atoms with Crippen LogP contribution in [0.4, 0.5) is 0 Å². The molecule has 1 aliphatic rings. The zero-order valence-corrected chi connectivity index (χ0v) is 18.3. The molecule has 3 heterocycles. The molecule has 1 N–H and O–H groups in total. The Bertz CT molecular complexity index is 1210. The van der Waals surface area contributed by atoms with Crippen LogP contribution in [0.2, 0.25) is 0 Å². The molecular weight excluding hydrogens is 404 g/mol. The van der Waals surface area contributed by atoms with Crippen molar-refractivity contribution in [3.63, 3.8) is 0 Å². The number of hydrogen-bond acceptors (Lipinski definition) is 5. The first kappa shape index (κ1) is 21.6. The van der Waals surface area contributed by atoms with Gasteiger partial charge in [-0.2, -0.15) is 10.4 Å². The number of nitriles is 1. The molecule has 7 nitrogen and oxygen atoms in total. The van der Waals surface area contributed by atoms with Crippen molar-refractivity contribution in [3.8, 4) is 6.07 Å². The number of rotatable bonds is 8. The molecule has 4 rings (SSSR count). The van der Waals surface area contributed by atoms with Crippen LogP contribution in [-0.2, 0) is 16.6 Å². The molecular formula is C25H26N4O3. The molecule has 1 aliphatic heterocycles. The van der Waals surface area contributed by atoms with Gasteiger partial charge >= 0.3 is 5.97 Å². The Hall–Kier alpha value is -3.66. The quantitative estimate of drug-likeness (QED) is 0.517. The summed E-state index contributed by atoms with van der Waals surface area (Å²) in [6.07, 6.45) is 3.61. The van der Waals surface area contributed by atoms with Crippen molar-refractivity contribution in [2.24, 2.45) is 5.10 Å². The summed E-state index contributed by atoms with van der Waals surface area (Å²) in [6, 6.07) is 16.1. The smallest absolute Gasteiger partial charge is 0.303 e. The third-order valence-electron chi connectivity index (χ3n) is 6.19. The van der Waals surface area contributed by atoms with Gasteiger partial charge in [0.2, 0.25) is 0 Å². The highest BCUT2D eigenvalue weighted by Crippen LogP contribution is 2.45. The molecule has 0 bridgehead atoms. The summed E-state index contributed by atoms with van der Waals surface area (Å²) in [4.78, 5) is 11.1. The Morgan fingerprint density at radius 1 is 1.28 bits per heavy atom. The second kappa shape index (κ2) is 8.83. The van der Waals surface area contributed by atoms with Gasteiger partial charge in [0.1, 0.15) is 11.5 Å². The van der Waals surface area contributed by atoms with Crippen LogP contribution in [-0.4, -0.2) is 26.6 Å². The van der Waals surface area contributed by atoms with E-state index in [1.165, 1.54) is 0 Å². The lowest BCUT2D eigenvalue weighted by Crippen LogP contribution is -2.37. The predicted molar refractivity (Wildman–Crippen MR) is 120 cm³/mol. The predicted octanol–water partition coefficient (Wildman–Crippen LogP) is 4.81. The van der Waals surface area contributed by atoms with Gasteiger partial charge in [-0.3, -0.25) is 4.79 Å². The van der Waals surface area contributed by atoms with Gasteiger partial charge in [0.25, 0.3) is 0 Å². The van der Waals surface area contributed by atoms with Crippen molar-refractivity contribution in [3.05, 3.63) is 76.4 Å². The van der Waals surface area contributed by atoms with Crippen LogP contribution in [0.15, 0.2) is 52.1 Å². The van der Waals surface area contributed by atoms with Gasteiger partial charge in [-0.1, -0.05) is 30.6 Å². The van der Waals surface area contributed by atoms with E-state index < -0.39 is 11.4 Å². The normalized spacial score (nSPS) is 17.5. The average Bonchev–Trinajstić information content (AvgIpc) is 3.42. The van der Waals surface area contributed by atoms with Crippen LogP contribution in [0.3, 0.4) is 0 Å². The maximum atomic E-state index is 11.1. The van der Waals surface area contributed by atoms with Gasteiger partial charge in [-0.05, 0) is 56.0 Å². The molecule has 0 amide bonds. The lowest BCUT2D eigenvalue weighted by Gasteiger charge is -2.38. The first-order chi connectivity index (χ1) is 15.5. The maximum absolute atomic E-state index is 11.1. The van der Waals surface area contributed by atoms with Crippen molar-refractivity contribution in [1.29, 1.82) is 5.26 Å². The summed E-state index contributed by atoms with van der Waals surface area (Å²) in [6.45, 7) is 3.95. The molecule has 0 spiro atoms. The van der Waals surface area contributed by atoms with E-state index in [2.05, 4.69) is 36.3 Å². The van der Waals surface area contributed by atoms with E-state index in [1.807, 2.05) is 29.8 Å². The van der Waals surface area contributed by atoms with Gasteiger partial charge in [-0.15, -0.1) is 0 Å². The molecule has 7 heteroatoms. The highest BCUT2D eigenvalue weighted by Gasteiger charge is 2.42. The van der Waals surface area contributed by atoms with E-state index in [1.54, 1.807) is 6.07 Å². The molecule has 0 radical (unpaired) electrons. The van der Waals surface area contributed by atoms with Gasteiger partial charge in [0.05, 0.1) is 23.0 Å². The number of hydrogen-bond donors (Lipinski definition) is 1. The van der Waals surface area contributed by atoms with Crippen molar-refractivity contribution >= 4 is 11.7 Å². The van der Waals surface area contributed by atoms with Gasteiger partial charge in [-0.25, -0.2) is 4.68 Å². The summed E-state index contributed by atoms with van der Waals surface area (Å²) in [5.41, 5.74) is 4.84. The number of carboxylic acids is 1. The van der Waals surface area contributed by atoms with Crippen molar-refractivity contribution in [2.75, 3.05) is 0 Å². The lowest BCUT2D eigenvalue weighted by atomic mass is 9.69. The molecule has 1 aromatic carbocycles. The van der Waals surface area contributed by atoms with E-state index in [0.717, 1.165) is 47.7 Å². The number of fused-ring (bicyclic) bond motifs is 1. The average molecular weight is 431 g/mol. The number of nitrogens with zero attached hydrogens (tertiary/aromatic N) is 4. The summed E-state index contributed by atoms with van der Waals surface area (Å²) < 4.78 is 7.33. The minimum absolute atomic E-state index is 0.138. The number of aryl methyl sites for hydroxylation is 2. The monoisotopic (exact) mass is 430 g/mol. The molecule has 164 valence electrons. The third-order valence-corrected chi connectivity index (χ3v) is 6.19. The van der Waals surface area contributed by atoms with Gasteiger partial charge in [0, 0.05) is 30.0 Å². The number of aromatic nitrogens is 2. The lowest BCUT2D eigenvalue weighted by molar-refractivity contribution is -0.137. The summed E-state index contributed by atoms with van der Waals surface area (Å²) >= 11 is 0. The van der Waals surface area contributed by atoms with E-state index in [-0.39, 0.29) is 6.42 Å². The Labute approximate surface area is 187 Å². The van der Waals surface area contributed by atoms with Crippen molar-refractivity contribution < 1.29 is 14.4 Å². The SMILES string of the molecule is CCc1ccc2n1N=C(c1cc(C)on1)CC2(CCCCC(=O)O)c1cccc(C#N)c1. The summed E-state index contributed by atoms with van der Waals surface area (Å²) in [7, 11) is 0. The molecule has 1 unspecified atom stereocenters. The highest BCUT2D eigenvalue weighted by atomic mass is 16.5. The van der Waals surface area contributed by atoms with Crippen LogP contribution in [0, 0.1) is 18.3 Å². The summed E-state index contributed by atoms with van der Waals surface area (Å²) in [5, 5.41) is 27.8. The second-order valence-electron chi connectivity index (χ2n) is 8.30. The molecule has 0 saturated carbocycles. The Morgan fingerprint density at radius 2 is 2.12 bits per heavy atom.